The molecule has 1 unspecified atom stereocenters. The number of carboxylic acid groups (broad SMARTS) is 1. The average Bonchev–Trinajstić information content (AvgIpc) is 3.17. The minimum absolute atomic E-state index is 0.516. The molecule has 0 aliphatic carbocycles. The SMILES string of the molecule is CCCC(C)(C(=O)O)c1c(C)nc2cc(-c3ccccc3)nn2c1-c1ccc(C)cc1. The summed E-state index contributed by atoms with van der Waals surface area (Å²) in [6, 6.07) is 20.1. The van der Waals surface area contributed by atoms with Gasteiger partial charge in [-0.3, -0.25) is 4.79 Å². The molecule has 0 radical (unpaired) electrons. The van der Waals surface area contributed by atoms with Gasteiger partial charge in [-0.25, -0.2) is 9.50 Å². The van der Waals surface area contributed by atoms with E-state index < -0.39 is 11.4 Å². The number of nitrogens with zero attached hydrogens (tertiary/aromatic N) is 3. The Bertz CT molecular complexity index is 1240. The molecule has 4 rings (SSSR count). The van der Waals surface area contributed by atoms with Gasteiger partial charge in [0, 0.05) is 28.5 Å². The Morgan fingerprint density at radius 3 is 2.32 bits per heavy atom. The van der Waals surface area contributed by atoms with E-state index in [1.807, 2.05) is 86.0 Å². The van der Waals surface area contributed by atoms with Crippen molar-refractivity contribution in [2.24, 2.45) is 0 Å². The molecule has 158 valence electrons. The summed E-state index contributed by atoms with van der Waals surface area (Å²) < 4.78 is 1.81. The summed E-state index contributed by atoms with van der Waals surface area (Å²) in [7, 11) is 0. The lowest BCUT2D eigenvalue weighted by atomic mass is 9.76. The van der Waals surface area contributed by atoms with E-state index in [2.05, 4.69) is 0 Å². The van der Waals surface area contributed by atoms with E-state index in [1.165, 1.54) is 0 Å². The van der Waals surface area contributed by atoms with Crippen molar-refractivity contribution in [3.8, 4) is 22.5 Å². The minimum atomic E-state index is -1.07. The van der Waals surface area contributed by atoms with Gasteiger partial charge in [-0.2, -0.15) is 5.10 Å². The molecule has 2 aromatic carbocycles. The van der Waals surface area contributed by atoms with Gasteiger partial charge in [0.25, 0.3) is 0 Å². The first kappa shape index (κ1) is 20.8. The topological polar surface area (TPSA) is 67.5 Å². The van der Waals surface area contributed by atoms with Gasteiger partial charge in [0.15, 0.2) is 5.65 Å². The summed E-state index contributed by atoms with van der Waals surface area (Å²) in [6.07, 6.45) is 1.27. The zero-order valence-corrected chi connectivity index (χ0v) is 18.4. The molecule has 0 bridgehead atoms. The third-order valence-electron chi connectivity index (χ3n) is 5.95. The second-order valence-corrected chi connectivity index (χ2v) is 8.34. The largest absolute Gasteiger partial charge is 0.481 e. The molecule has 0 saturated heterocycles. The summed E-state index contributed by atoms with van der Waals surface area (Å²) in [6.45, 7) is 7.75. The fourth-order valence-electron chi connectivity index (χ4n) is 4.35. The monoisotopic (exact) mass is 413 g/mol. The molecule has 0 spiro atoms. The van der Waals surface area contributed by atoms with Crippen LogP contribution < -0.4 is 0 Å². The van der Waals surface area contributed by atoms with Crippen molar-refractivity contribution in [3.63, 3.8) is 0 Å². The molecule has 0 fully saturated rings. The van der Waals surface area contributed by atoms with Crippen molar-refractivity contribution in [2.75, 3.05) is 0 Å². The van der Waals surface area contributed by atoms with Crippen LogP contribution in [0.25, 0.3) is 28.2 Å². The van der Waals surface area contributed by atoms with Crippen LogP contribution in [0, 0.1) is 13.8 Å². The maximum absolute atomic E-state index is 12.5. The third-order valence-corrected chi connectivity index (χ3v) is 5.95. The fraction of sp³-hybridized carbons (Fsp3) is 0.269. The van der Waals surface area contributed by atoms with E-state index in [9.17, 15) is 9.90 Å². The molecule has 0 saturated carbocycles. The summed E-state index contributed by atoms with van der Waals surface area (Å²) >= 11 is 0. The summed E-state index contributed by atoms with van der Waals surface area (Å²) in [5.74, 6) is -0.845. The van der Waals surface area contributed by atoms with Crippen LogP contribution >= 0.6 is 0 Å². The maximum atomic E-state index is 12.5. The van der Waals surface area contributed by atoms with Crippen molar-refractivity contribution in [1.82, 2.24) is 14.6 Å². The molecule has 0 aliphatic rings. The number of aryl methyl sites for hydroxylation is 2. The predicted octanol–water partition coefficient (Wildman–Crippen LogP) is 5.82. The van der Waals surface area contributed by atoms with Gasteiger partial charge in [-0.15, -0.1) is 0 Å². The molecule has 1 N–H and O–H groups in total. The molecule has 0 aliphatic heterocycles. The van der Waals surface area contributed by atoms with Gasteiger partial charge in [0.2, 0.25) is 0 Å². The normalized spacial score (nSPS) is 13.3. The Hall–Kier alpha value is -3.47. The number of aliphatic carboxylic acids is 1. The summed E-state index contributed by atoms with van der Waals surface area (Å²) in [5.41, 5.74) is 5.76. The van der Waals surface area contributed by atoms with E-state index in [-0.39, 0.29) is 0 Å². The molecular weight excluding hydrogens is 386 g/mol. The lowest BCUT2D eigenvalue weighted by Gasteiger charge is -2.29. The molecule has 5 nitrogen and oxygen atoms in total. The summed E-state index contributed by atoms with van der Waals surface area (Å²) in [5, 5.41) is 15.1. The van der Waals surface area contributed by atoms with Crippen LogP contribution in [0.2, 0.25) is 0 Å². The van der Waals surface area contributed by atoms with E-state index in [1.54, 1.807) is 6.92 Å². The zero-order valence-electron chi connectivity index (χ0n) is 18.4. The van der Waals surface area contributed by atoms with Crippen LogP contribution in [0.5, 0.6) is 0 Å². The number of aromatic nitrogens is 3. The van der Waals surface area contributed by atoms with Gasteiger partial charge in [0.05, 0.1) is 16.8 Å². The number of carbonyl (C=O) groups is 1. The van der Waals surface area contributed by atoms with E-state index in [4.69, 9.17) is 10.1 Å². The second-order valence-electron chi connectivity index (χ2n) is 8.34. The lowest BCUT2D eigenvalue weighted by Crippen LogP contribution is -2.34. The second kappa shape index (κ2) is 7.99. The van der Waals surface area contributed by atoms with Crippen LogP contribution in [0.4, 0.5) is 0 Å². The Balaban J connectivity index is 2.09. The van der Waals surface area contributed by atoms with E-state index in [0.717, 1.165) is 45.8 Å². The minimum Gasteiger partial charge on any atom is -0.481 e. The molecule has 5 heteroatoms. The number of rotatable bonds is 6. The van der Waals surface area contributed by atoms with Crippen molar-refractivity contribution < 1.29 is 9.90 Å². The van der Waals surface area contributed by atoms with Crippen LogP contribution in [0.3, 0.4) is 0 Å². The summed E-state index contributed by atoms with van der Waals surface area (Å²) in [4.78, 5) is 17.3. The number of fused-ring (bicyclic) bond motifs is 1. The maximum Gasteiger partial charge on any atom is 0.313 e. The highest BCUT2D eigenvalue weighted by molar-refractivity contribution is 5.85. The molecule has 4 aromatic rings. The molecular formula is C26H27N3O2. The predicted molar refractivity (Wildman–Crippen MR) is 123 cm³/mol. The molecule has 2 aromatic heterocycles. The van der Waals surface area contributed by atoms with Crippen LogP contribution in [0.15, 0.2) is 60.7 Å². The highest BCUT2D eigenvalue weighted by atomic mass is 16.4. The van der Waals surface area contributed by atoms with Gasteiger partial charge < -0.3 is 5.11 Å². The number of benzene rings is 2. The fourth-order valence-corrected chi connectivity index (χ4v) is 4.35. The van der Waals surface area contributed by atoms with Gasteiger partial charge in [0.1, 0.15) is 0 Å². The first-order valence-electron chi connectivity index (χ1n) is 10.6. The first-order valence-corrected chi connectivity index (χ1v) is 10.6. The quantitative estimate of drug-likeness (QED) is 0.432. The smallest absolute Gasteiger partial charge is 0.313 e. The standard InChI is InChI=1S/C26H27N3O2/c1-5-15-26(4,25(30)31)23-18(3)27-22-16-21(19-9-7-6-8-10-19)28-29(22)24(23)20-13-11-17(2)12-14-20/h6-14,16H,5,15H2,1-4H3,(H,30,31). The molecule has 0 amide bonds. The van der Waals surface area contributed by atoms with Crippen LogP contribution in [-0.2, 0) is 10.2 Å². The van der Waals surface area contributed by atoms with Gasteiger partial charge in [-0.1, -0.05) is 73.5 Å². The molecule has 2 heterocycles. The molecule has 1 atom stereocenters. The highest BCUT2D eigenvalue weighted by Gasteiger charge is 2.39. The third kappa shape index (κ3) is 3.61. The zero-order chi connectivity index (χ0) is 22.2. The van der Waals surface area contributed by atoms with Crippen molar-refractivity contribution in [1.29, 1.82) is 0 Å². The van der Waals surface area contributed by atoms with Crippen molar-refractivity contribution >= 4 is 11.6 Å². The van der Waals surface area contributed by atoms with Gasteiger partial charge >= 0.3 is 5.97 Å². The number of hydrogen-bond donors (Lipinski definition) is 1. The Labute approximate surface area is 182 Å². The molecule has 31 heavy (non-hydrogen) atoms. The van der Waals surface area contributed by atoms with Crippen molar-refractivity contribution in [3.05, 3.63) is 77.5 Å². The first-order chi connectivity index (χ1) is 14.8. The number of hydrogen-bond acceptors (Lipinski definition) is 3. The van der Waals surface area contributed by atoms with Crippen LogP contribution in [-0.4, -0.2) is 25.7 Å². The van der Waals surface area contributed by atoms with E-state index in [0.29, 0.717) is 12.1 Å². The van der Waals surface area contributed by atoms with Crippen molar-refractivity contribution in [2.45, 2.75) is 46.0 Å². The Morgan fingerprint density at radius 2 is 1.71 bits per heavy atom. The van der Waals surface area contributed by atoms with Crippen LogP contribution in [0.1, 0.15) is 43.5 Å². The Morgan fingerprint density at radius 1 is 1.03 bits per heavy atom. The van der Waals surface area contributed by atoms with Gasteiger partial charge in [-0.05, 0) is 27.2 Å². The average molecular weight is 414 g/mol. The highest BCUT2D eigenvalue weighted by Crippen LogP contribution is 2.39. The van der Waals surface area contributed by atoms with E-state index >= 15 is 0 Å². The number of carboxylic acids is 1. The Kier molecular flexibility index (Phi) is 5.36. The lowest BCUT2D eigenvalue weighted by molar-refractivity contribution is -0.143.